The van der Waals surface area contributed by atoms with Crippen molar-refractivity contribution < 1.29 is 4.79 Å². The van der Waals surface area contributed by atoms with Gasteiger partial charge in [0, 0.05) is 33.7 Å². The minimum atomic E-state index is -0.427. The highest BCUT2D eigenvalue weighted by molar-refractivity contribution is 6.33. The van der Waals surface area contributed by atoms with Crippen LogP contribution in [0.1, 0.15) is 53.6 Å². The highest BCUT2D eigenvalue weighted by Crippen LogP contribution is 2.37. The monoisotopic (exact) mass is 395 g/mol. The van der Waals surface area contributed by atoms with Crippen molar-refractivity contribution >= 4 is 17.5 Å². The van der Waals surface area contributed by atoms with Crippen LogP contribution in [0.4, 0.5) is 0 Å². The Morgan fingerprint density at radius 1 is 1.14 bits per heavy atom. The number of carbonyl (C=O) groups is 1. The predicted octanol–water partition coefficient (Wildman–Crippen LogP) is 5.39. The molecule has 0 radical (unpaired) electrons. The number of benzene rings is 1. The molecule has 0 bridgehead atoms. The zero-order chi connectivity index (χ0) is 20.1. The summed E-state index contributed by atoms with van der Waals surface area (Å²) in [7, 11) is 0. The molecule has 146 valence electrons. The van der Waals surface area contributed by atoms with Crippen molar-refractivity contribution in [2.45, 2.75) is 46.1 Å². The number of amides is 1. The van der Waals surface area contributed by atoms with Gasteiger partial charge in [-0.2, -0.15) is 0 Å². The number of primary amides is 1. The summed E-state index contributed by atoms with van der Waals surface area (Å²) in [5.41, 5.74) is 11.0. The van der Waals surface area contributed by atoms with Gasteiger partial charge in [-0.3, -0.25) is 9.78 Å². The highest BCUT2D eigenvalue weighted by Gasteiger charge is 2.25. The maximum absolute atomic E-state index is 12.4. The number of nitrogens with two attached hydrogens (primary N) is 1. The van der Waals surface area contributed by atoms with E-state index in [2.05, 4.69) is 16.5 Å². The smallest absolute Gasteiger partial charge is 0.251 e. The largest absolute Gasteiger partial charge is 0.366 e. The Morgan fingerprint density at radius 3 is 2.54 bits per heavy atom. The van der Waals surface area contributed by atoms with Gasteiger partial charge < -0.3 is 10.3 Å². The lowest BCUT2D eigenvalue weighted by Gasteiger charge is -2.13. The Hall–Kier alpha value is -2.59. The summed E-state index contributed by atoms with van der Waals surface area (Å²) < 4.78 is 2.18. The SMILES string of the molecule is CCCCCc1c(-c2ccccc2Cl)c(C(N)=O)c(C)n1Cc1ccccn1. The molecule has 2 N–H and O–H groups in total. The second-order valence-electron chi connectivity index (χ2n) is 6.99. The quantitative estimate of drug-likeness (QED) is 0.519. The molecule has 0 saturated heterocycles. The molecule has 0 unspecified atom stereocenters. The maximum Gasteiger partial charge on any atom is 0.251 e. The molecule has 28 heavy (non-hydrogen) atoms. The minimum absolute atomic E-state index is 0.427. The molecule has 3 aromatic rings. The van der Waals surface area contributed by atoms with Crippen LogP contribution >= 0.6 is 11.6 Å². The van der Waals surface area contributed by atoms with Crippen LogP contribution in [0, 0.1) is 6.92 Å². The summed E-state index contributed by atoms with van der Waals surface area (Å²) >= 11 is 6.52. The van der Waals surface area contributed by atoms with Crippen molar-refractivity contribution in [3.8, 4) is 11.1 Å². The lowest BCUT2D eigenvalue weighted by Crippen LogP contribution is -2.14. The van der Waals surface area contributed by atoms with E-state index in [1.165, 1.54) is 0 Å². The van der Waals surface area contributed by atoms with E-state index in [0.29, 0.717) is 17.1 Å². The molecule has 0 fully saturated rings. The van der Waals surface area contributed by atoms with E-state index in [-0.39, 0.29) is 0 Å². The van der Waals surface area contributed by atoms with Crippen molar-refractivity contribution in [3.05, 3.63) is 76.3 Å². The molecule has 0 aliphatic rings. The van der Waals surface area contributed by atoms with Crippen LogP contribution < -0.4 is 5.73 Å². The fourth-order valence-electron chi connectivity index (χ4n) is 3.72. The van der Waals surface area contributed by atoms with Crippen molar-refractivity contribution in [1.82, 2.24) is 9.55 Å². The average molecular weight is 396 g/mol. The first kappa shape index (κ1) is 20.2. The molecule has 2 aromatic heterocycles. The van der Waals surface area contributed by atoms with Crippen LogP contribution in [0.15, 0.2) is 48.7 Å². The fraction of sp³-hybridized carbons (Fsp3) is 0.304. The summed E-state index contributed by atoms with van der Waals surface area (Å²) in [4.78, 5) is 16.9. The van der Waals surface area contributed by atoms with E-state index >= 15 is 0 Å². The van der Waals surface area contributed by atoms with Gasteiger partial charge in [-0.05, 0) is 38.0 Å². The zero-order valence-electron chi connectivity index (χ0n) is 16.4. The summed E-state index contributed by atoms with van der Waals surface area (Å²) in [5, 5.41) is 0.622. The molecule has 1 aromatic carbocycles. The van der Waals surface area contributed by atoms with Gasteiger partial charge in [0.2, 0.25) is 0 Å². The molecular weight excluding hydrogens is 370 g/mol. The van der Waals surface area contributed by atoms with Gasteiger partial charge >= 0.3 is 0 Å². The summed E-state index contributed by atoms with van der Waals surface area (Å²) in [5.74, 6) is -0.427. The second-order valence-corrected chi connectivity index (χ2v) is 7.40. The van der Waals surface area contributed by atoms with Gasteiger partial charge in [0.05, 0.1) is 17.8 Å². The molecule has 0 aliphatic carbocycles. The Morgan fingerprint density at radius 2 is 1.89 bits per heavy atom. The van der Waals surface area contributed by atoms with Crippen LogP contribution in [0.3, 0.4) is 0 Å². The lowest BCUT2D eigenvalue weighted by atomic mass is 9.97. The third-order valence-corrected chi connectivity index (χ3v) is 5.41. The standard InChI is InChI=1S/C23H26ClN3O/c1-3-4-5-13-20-22(18-11-6-7-12-19(18)24)21(23(25)28)16(2)27(20)15-17-10-8-9-14-26-17/h6-12,14H,3-5,13,15H2,1-2H3,(H2,25,28). The number of carbonyl (C=O) groups excluding carboxylic acids is 1. The van der Waals surface area contributed by atoms with Gasteiger partial charge in [0.25, 0.3) is 5.91 Å². The van der Waals surface area contributed by atoms with Crippen molar-refractivity contribution in [2.24, 2.45) is 5.73 Å². The number of nitrogens with zero attached hydrogens (tertiary/aromatic N) is 2. The zero-order valence-corrected chi connectivity index (χ0v) is 17.2. The highest BCUT2D eigenvalue weighted by atomic mass is 35.5. The van der Waals surface area contributed by atoms with Crippen LogP contribution in [0.2, 0.25) is 5.02 Å². The minimum Gasteiger partial charge on any atom is -0.366 e. The van der Waals surface area contributed by atoms with Crippen molar-refractivity contribution in [2.75, 3.05) is 0 Å². The van der Waals surface area contributed by atoms with Crippen molar-refractivity contribution in [1.29, 1.82) is 0 Å². The van der Waals surface area contributed by atoms with E-state index in [4.69, 9.17) is 17.3 Å². The predicted molar refractivity (Wildman–Crippen MR) is 115 cm³/mol. The van der Waals surface area contributed by atoms with E-state index in [1.807, 2.05) is 49.4 Å². The molecule has 3 rings (SSSR count). The van der Waals surface area contributed by atoms with Gasteiger partial charge in [0.15, 0.2) is 0 Å². The lowest BCUT2D eigenvalue weighted by molar-refractivity contribution is 0.1000. The Kier molecular flexibility index (Phi) is 6.53. The topological polar surface area (TPSA) is 60.9 Å². The number of rotatable bonds is 8. The first-order valence-electron chi connectivity index (χ1n) is 9.71. The van der Waals surface area contributed by atoms with Crippen LogP contribution in [-0.4, -0.2) is 15.5 Å². The first-order chi connectivity index (χ1) is 13.5. The number of hydrogen-bond donors (Lipinski definition) is 1. The van der Waals surface area contributed by atoms with Gasteiger partial charge in [-0.25, -0.2) is 0 Å². The van der Waals surface area contributed by atoms with E-state index in [0.717, 1.165) is 53.9 Å². The molecule has 2 heterocycles. The number of hydrogen-bond acceptors (Lipinski definition) is 2. The number of unbranched alkanes of at least 4 members (excludes halogenated alkanes) is 2. The summed E-state index contributed by atoms with van der Waals surface area (Å²) in [6.07, 6.45) is 5.94. The van der Waals surface area contributed by atoms with Gasteiger partial charge in [0.1, 0.15) is 0 Å². The summed E-state index contributed by atoms with van der Waals surface area (Å²) in [6, 6.07) is 13.5. The third kappa shape index (κ3) is 4.12. The second kappa shape index (κ2) is 9.07. The molecule has 0 atom stereocenters. The molecule has 0 saturated carbocycles. The number of aromatic nitrogens is 2. The fourth-order valence-corrected chi connectivity index (χ4v) is 3.95. The first-order valence-corrected chi connectivity index (χ1v) is 10.1. The molecular formula is C23H26ClN3O. The summed E-state index contributed by atoms with van der Waals surface area (Å²) in [6.45, 7) is 4.73. The molecule has 5 heteroatoms. The molecule has 1 amide bonds. The number of pyridine rings is 1. The van der Waals surface area contributed by atoms with E-state index in [1.54, 1.807) is 6.20 Å². The number of halogens is 1. The van der Waals surface area contributed by atoms with Gasteiger partial charge in [-0.1, -0.05) is 55.6 Å². The Balaban J connectivity index is 2.22. The molecule has 4 nitrogen and oxygen atoms in total. The van der Waals surface area contributed by atoms with Crippen LogP contribution in [0.5, 0.6) is 0 Å². The maximum atomic E-state index is 12.4. The average Bonchev–Trinajstić information content (AvgIpc) is 2.95. The van der Waals surface area contributed by atoms with E-state index in [9.17, 15) is 4.79 Å². The van der Waals surface area contributed by atoms with Gasteiger partial charge in [-0.15, -0.1) is 0 Å². The van der Waals surface area contributed by atoms with Crippen molar-refractivity contribution in [3.63, 3.8) is 0 Å². The Bertz CT molecular complexity index is 963. The third-order valence-electron chi connectivity index (χ3n) is 5.08. The van der Waals surface area contributed by atoms with Crippen LogP contribution in [-0.2, 0) is 13.0 Å². The van der Waals surface area contributed by atoms with Crippen LogP contribution in [0.25, 0.3) is 11.1 Å². The Labute approximate surface area is 171 Å². The normalized spacial score (nSPS) is 11.0. The molecule has 0 aliphatic heterocycles. The van der Waals surface area contributed by atoms with E-state index < -0.39 is 5.91 Å². The molecule has 0 spiro atoms.